The summed E-state index contributed by atoms with van der Waals surface area (Å²) in [5, 5.41) is 9.77. The minimum absolute atomic E-state index is 0.00560. The predicted octanol–water partition coefficient (Wildman–Crippen LogP) is 4.03. The lowest BCUT2D eigenvalue weighted by Crippen LogP contribution is -2.14. The Morgan fingerprint density at radius 2 is 1.65 bits per heavy atom. The van der Waals surface area contributed by atoms with Crippen molar-refractivity contribution < 1.29 is 18.7 Å². The van der Waals surface area contributed by atoms with Crippen LogP contribution in [0.3, 0.4) is 0 Å². The van der Waals surface area contributed by atoms with E-state index < -0.39 is 23.5 Å². The fourth-order valence-corrected chi connectivity index (χ4v) is 2.13. The van der Waals surface area contributed by atoms with Crippen LogP contribution in [0.25, 0.3) is 0 Å². The maximum absolute atomic E-state index is 13.1. The number of carboxylic acid groups (broad SMARTS) is 1. The number of hydrogen-bond donors (Lipinski definition) is 1. The Balaban J connectivity index is 2.30. The van der Waals surface area contributed by atoms with Crippen molar-refractivity contribution in [3.63, 3.8) is 0 Å². The van der Waals surface area contributed by atoms with E-state index in [1.807, 2.05) is 0 Å². The van der Waals surface area contributed by atoms with Crippen LogP contribution < -0.4 is 0 Å². The molecule has 0 radical (unpaired) electrons. The highest BCUT2D eigenvalue weighted by atomic mass is 35.5. The molecule has 0 fully saturated rings. The quantitative estimate of drug-likeness (QED) is 0.925. The smallest absolute Gasteiger partial charge is 0.311 e. The van der Waals surface area contributed by atoms with Crippen LogP contribution in [0, 0.1) is 11.6 Å². The highest BCUT2D eigenvalue weighted by Crippen LogP contribution is 2.24. The molecule has 0 saturated carbocycles. The highest BCUT2D eigenvalue weighted by molar-refractivity contribution is 6.30. The van der Waals surface area contributed by atoms with Crippen LogP contribution in [-0.2, 0) is 11.2 Å². The van der Waals surface area contributed by atoms with Crippen LogP contribution in [-0.4, -0.2) is 11.1 Å². The molecule has 0 aliphatic heterocycles. The van der Waals surface area contributed by atoms with Crippen molar-refractivity contribution >= 4 is 17.6 Å². The van der Waals surface area contributed by atoms with E-state index in [1.54, 1.807) is 24.3 Å². The number of hydrogen-bond acceptors (Lipinski definition) is 1. The van der Waals surface area contributed by atoms with E-state index in [-0.39, 0.29) is 6.42 Å². The first kappa shape index (κ1) is 14.5. The van der Waals surface area contributed by atoms with Gasteiger partial charge in [0.05, 0.1) is 5.92 Å². The number of aliphatic carboxylic acids is 1. The van der Waals surface area contributed by atoms with Crippen molar-refractivity contribution in [1.29, 1.82) is 0 Å². The lowest BCUT2D eigenvalue weighted by Gasteiger charge is -2.13. The van der Waals surface area contributed by atoms with Gasteiger partial charge in [-0.2, -0.15) is 0 Å². The summed E-state index contributed by atoms with van der Waals surface area (Å²) in [7, 11) is 0. The van der Waals surface area contributed by atoms with Crippen LogP contribution in [0.1, 0.15) is 17.0 Å². The minimum atomic E-state index is -1.06. The SMILES string of the molecule is O=C(O)C(Cc1cc(F)cc(F)c1)c1ccc(Cl)cc1. The van der Waals surface area contributed by atoms with E-state index >= 15 is 0 Å². The van der Waals surface area contributed by atoms with Crippen LogP contribution in [0.2, 0.25) is 5.02 Å². The summed E-state index contributed by atoms with van der Waals surface area (Å²) >= 11 is 5.75. The molecule has 0 heterocycles. The fourth-order valence-electron chi connectivity index (χ4n) is 2.01. The van der Waals surface area contributed by atoms with E-state index in [4.69, 9.17) is 11.6 Å². The third kappa shape index (κ3) is 3.54. The van der Waals surface area contributed by atoms with Gasteiger partial charge in [-0.15, -0.1) is 0 Å². The Morgan fingerprint density at radius 3 is 2.15 bits per heavy atom. The monoisotopic (exact) mass is 296 g/mol. The molecule has 1 unspecified atom stereocenters. The molecule has 2 aromatic rings. The highest BCUT2D eigenvalue weighted by Gasteiger charge is 2.21. The minimum Gasteiger partial charge on any atom is -0.481 e. The summed E-state index contributed by atoms with van der Waals surface area (Å²) in [6.07, 6.45) is 0.00560. The molecule has 0 aliphatic carbocycles. The molecule has 0 amide bonds. The molecule has 2 nitrogen and oxygen atoms in total. The third-order valence-electron chi connectivity index (χ3n) is 2.93. The van der Waals surface area contributed by atoms with Crippen molar-refractivity contribution in [1.82, 2.24) is 0 Å². The standard InChI is InChI=1S/C15H11ClF2O2/c16-11-3-1-10(2-4-11)14(15(19)20)7-9-5-12(17)8-13(18)6-9/h1-6,8,14H,7H2,(H,19,20). The molecule has 0 aliphatic rings. The summed E-state index contributed by atoms with van der Waals surface area (Å²) in [5.41, 5.74) is 0.830. The molecule has 104 valence electrons. The second kappa shape index (κ2) is 6.01. The first-order chi connectivity index (χ1) is 9.45. The van der Waals surface area contributed by atoms with E-state index in [0.29, 0.717) is 16.1 Å². The summed E-state index contributed by atoms with van der Waals surface area (Å²) in [5.74, 6) is -3.38. The Labute approximate surface area is 119 Å². The van der Waals surface area contributed by atoms with Gasteiger partial charge in [0.2, 0.25) is 0 Å². The maximum atomic E-state index is 13.1. The normalized spacial score (nSPS) is 12.2. The molecular weight excluding hydrogens is 286 g/mol. The molecule has 5 heteroatoms. The van der Waals surface area contributed by atoms with Gasteiger partial charge in [-0.3, -0.25) is 4.79 Å². The summed E-state index contributed by atoms with van der Waals surface area (Å²) in [4.78, 5) is 11.3. The fraction of sp³-hybridized carbons (Fsp3) is 0.133. The van der Waals surface area contributed by atoms with Crippen LogP contribution in [0.5, 0.6) is 0 Å². The van der Waals surface area contributed by atoms with Crippen molar-refractivity contribution in [3.05, 3.63) is 70.2 Å². The van der Waals surface area contributed by atoms with Gasteiger partial charge in [0.15, 0.2) is 0 Å². The average molecular weight is 297 g/mol. The Hall–Kier alpha value is -1.94. The number of benzene rings is 2. The van der Waals surface area contributed by atoms with Gasteiger partial charge < -0.3 is 5.11 Å². The van der Waals surface area contributed by atoms with Gasteiger partial charge in [-0.05, 0) is 41.8 Å². The number of rotatable bonds is 4. The van der Waals surface area contributed by atoms with Gasteiger partial charge in [0.1, 0.15) is 11.6 Å². The van der Waals surface area contributed by atoms with Crippen LogP contribution in [0.15, 0.2) is 42.5 Å². The van der Waals surface area contributed by atoms with Crippen LogP contribution in [0.4, 0.5) is 8.78 Å². The lowest BCUT2D eigenvalue weighted by atomic mass is 9.92. The molecule has 20 heavy (non-hydrogen) atoms. The average Bonchev–Trinajstić information content (AvgIpc) is 2.36. The number of halogens is 3. The summed E-state index contributed by atoms with van der Waals surface area (Å²) in [6.45, 7) is 0. The van der Waals surface area contributed by atoms with Gasteiger partial charge in [-0.25, -0.2) is 8.78 Å². The molecule has 0 bridgehead atoms. The molecule has 0 aromatic heterocycles. The number of carboxylic acids is 1. The molecular formula is C15H11ClF2O2. The van der Waals surface area contributed by atoms with Crippen LogP contribution >= 0.6 is 11.6 Å². The van der Waals surface area contributed by atoms with Gasteiger partial charge >= 0.3 is 5.97 Å². The zero-order valence-electron chi connectivity index (χ0n) is 10.3. The largest absolute Gasteiger partial charge is 0.481 e. The first-order valence-corrected chi connectivity index (χ1v) is 6.27. The molecule has 1 atom stereocenters. The van der Waals surface area contributed by atoms with E-state index in [1.165, 1.54) is 0 Å². The third-order valence-corrected chi connectivity index (χ3v) is 3.18. The van der Waals surface area contributed by atoms with Crippen molar-refractivity contribution in [3.8, 4) is 0 Å². The molecule has 2 aromatic carbocycles. The Morgan fingerprint density at radius 1 is 1.10 bits per heavy atom. The van der Waals surface area contributed by atoms with Crippen molar-refractivity contribution in [2.45, 2.75) is 12.3 Å². The topological polar surface area (TPSA) is 37.3 Å². The Kier molecular flexibility index (Phi) is 4.35. The van der Waals surface area contributed by atoms with Gasteiger partial charge in [0, 0.05) is 11.1 Å². The van der Waals surface area contributed by atoms with Crippen molar-refractivity contribution in [2.24, 2.45) is 0 Å². The molecule has 1 N–H and O–H groups in total. The predicted molar refractivity (Wildman–Crippen MR) is 71.9 cm³/mol. The molecule has 2 rings (SSSR count). The molecule has 0 saturated heterocycles. The van der Waals surface area contributed by atoms with Crippen molar-refractivity contribution in [2.75, 3.05) is 0 Å². The van der Waals surface area contributed by atoms with E-state index in [0.717, 1.165) is 18.2 Å². The van der Waals surface area contributed by atoms with Gasteiger partial charge in [-0.1, -0.05) is 23.7 Å². The summed E-state index contributed by atoms with van der Waals surface area (Å²) < 4.78 is 26.3. The maximum Gasteiger partial charge on any atom is 0.311 e. The first-order valence-electron chi connectivity index (χ1n) is 5.89. The van der Waals surface area contributed by atoms with E-state index in [9.17, 15) is 18.7 Å². The zero-order valence-corrected chi connectivity index (χ0v) is 11.1. The Bertz CT molecular complexity index is 606. The summed E-state index contributed by atoms with van der Waals surface area (Å²) in [6, 6.07) is 9.37. The van der Waals surface area contributed by atoms with E-state index in [2.05, 4.69) is 0 Å². The number of carbonyl (C=O) groups is 1. The lowest BCUT2D eigenvalue weighted by molar-refractivity contribution is -0.138. The zero-order chi connectivity index (χ0) is 14.7. The van der Waals surface area contributed by atoms with Gasteiger partial charge in [0.25, 0.3) is 0 Å². The second-order valence-electron chi connectivity index (χ2n) is 4.42. The molecule has 0 spiro atoms. The second-order valence-corrected chi connectivity index (χ2v) is 4.86.